The van der Waals surface area contributed by atoms with Crippen molar-refractivity contribution in [2.45, 2.75) is 89.3 Å². The Kier molecular flexibility index (Phi) is 9.23. The summed E-state index contributed by atoms with van der Waals surface area (Å²) in [7, 11) is -1.78. The number of rotatable bonds is 4. The number of pyridine rings is 2. The second-order valence-corrected chi connectivity index (χ2v) is 33.6. The van der Waals surface area contributed by atoms with Crippen molar-refractivity contribution in [1.82, 2.24) is 9.97 Å². The zero-order valence-electron chi connectivity index (χ0n) is 31.5. The Morgan fingerprint density at radius 2 is 1.50 bits per heavy atom. The van der Waals surface area contributed by atoms with Crippen LogP contribution in [-0.2, 0) is 31.9 Å². The molecule has 0 radical (unpaired) electrons. The van der Waals surface area contributed by atoms with E-state index in [9.17, 15) is 0 Å². The molecule has 7 rings (SSSR count). The van der Waals surface area contributed by atoms with Gasteiger partial charge in [-0.25, -0.2) is 0 Å². The molecule has 0 fully saturated rings. The molecule has 6 aromatic rings. The molecule has 3 heterocycles. The Morgan fingerprint density at radius 1 is 0.760 bits per heavy atom. The van der Waals surface area contributed by atoms with Gasteiger partial charge in [-0.15, -0.1) is 6.07 Å². The minimum absolute atomic E-state index is 0. The van der Waals surface area contributed by atoms with Crippen molar-refractivity contribution in [2.24, 2.45) is 0 Å². The van der Waals surface area contributed by atoms with E-state index in [0.717, 1.165) is 61.6 Å². The van der Waals surface area contributed by atoms with Gasteiger partial charge < -0.3 is 0 Å². The predicted molar refractivity (Wildman–Crippen MR) is 214 cm³/mol. The van der Waals surface area contributed by atoms with Crippen molar-refractivity contribution in [3.8, 4) is 45.1 Å². The Labute approximate surface area is 316 Å². The van der Waals surface area contributed by atoms with E-state index < -0.39 is 21.3 Å². The van der Waals surface area contributed by atoms with Gasteiger partial charge in [-0.05, 0) is 17.0 Å². The fraction of sp³-hybridized carbons (Fsp3) is 0.318. The van der Waals surface area contributed by atoms with Crippen LogP contribution in [-0.4, -0.2) is 31.3 Å². The molecule has 0 aliphatic carbocycles. The van der Waals surface area contributed by atoms with Crippen LogP contribution in [0.25, 0.3) is 55.2 Å². The molecule has 0 bridgehead atoms. The Bertz CT molecular complexity index is 2270. The van der Waals surface area contributed by atoms with Crippen LogP contribution in [0.1, 0.15) is 52.8 Å². The molecular weight excluding hydrogens is 868 g/mol. The molecule has 0 saturated carbocycles. The quantitative estimate of drug-likeness (QED) is 0.130. The van der Waals surface area contributed by atoms with Crippen molar-refractivity contribution < 1.29 is 25.8 Å². The van der Waals surface area contributed by atoms with Crippen LogP contribution in [0.5, 0.6) is 11.5 Å². The second kappa shape index (κ2) is 12.6. The van der Waals surface area contributed by atoms with Crippen LogP contribution >= 0.6 is 0 Å². The summed E-state index contributed by atoms with van der Waals surface area (Å²) in [4.78, 5) is 10.2. The molecule has 50 heavy (non-hydrogen) atoms. The molecule has 1 aliphatic rings. The molecule has 2 aromatic heterocycles. The first kappa shape index (κ1) is 36.7. The smallest absolute Gasteiger partial charge is 0.291 e. The van der Waals surface area contributed by atoms with Crippen LogP contribution in [0.15, 0.2) is 72.9 Å². The molecule has 0 saturated heterocycles. The summed E-state index contributed by atoms with van der Waals surface area (Å²) in [6.45, 7) is 20.9. The average molecular weight is 917 g/mol. The molecule has 4 aromatic carbocycles. The molecule has 258 valence electrons. The number of hydrogen-bond acceptors (Lipinski definition) is 3. The average Bonchev–Trinajstić information content (AvgIpc) is 3.02. The minimum Gasteiger partial charge on any atom is -0.291 e. The van der Waals surface area contributed by atoms with Crippen LogP contribution in [0.2, 0.25) is 36.9 Å². The van der Waals surface area contributed by atoms with E-state index in [4.69, 9.17) is 14.7 Å². The fourth-order valence-corrected chi connectivity index (χ4v) is 10.8. The third kappa shape index (κ3) is 6.69. The Morgan fingerprint density at radius 3 is 2.16 bits per heavy atom. The molecule has 0 atom stereocenters. The van der Waals surface area contributed by atoms with Gasteiger partial charge >= 0.3 is 199 Å². The molecule has 0 amide bonds. The van der Waals surface area contributed by atoms with Crippen LogP contribution < -0.4 is 14.3 Å². The maximum atomic E-state index is 6.63. The van der Waals surface area contributed by atoms with Gasteiger partial charge in [-0.3, -0.25) is 4.98 Å². The third-order valence-corrected chi connectivity index (χ3v) is 16.1. The first-order chi connectivity index (χ1) is 22.8. The third-order valence-electron chi connectivity index (χ3n) is 9.79. The van der Waals surface area contributed by atoms with E-state index in [1.54, 1.807) is 0 Å². The van der Waals surface area contributed by atoms with Crippen LogP contribution in [0.3, 0.4) is 0 Å². The number of benzene rings is 4. The van der Waals surface area contributed by atoms with E-state index in [0.29, 0.717) is 0 Å². The van der Waals surface area contributed by atoms with Crippen LogP contribution in [0, 0.1) is 12.1 Å². The zero-order valence-corrected chi connectivity index (χ0v) is 36.9. The Balaban J connectivity index is 0.00000432. The SMILES string of the molecule is CC(C)(C)c1cc(-c2[c-]c3c(-c4[c-]c5c(cc4)Oc4c[c]([Ge]([CH3])([CH3])[CH3])cc6ccnc-5c46)cccc3c([Si](C)(C)C)c2)nc(C(C)(C)C)c1.[Pt+2]. The zero-order chi connectivity index (χ0) is 35.3. The predicted octanol–water partition coefficient (Wildman–Crippen LogP) is 11.2. The van der Waals surface area contributed by atoms with Gasteiger partial charge in [0.25, 0.3) is 0 Å². The van der Waals surface area contributed by atoms with Gasteiger partial charge in [0.1, 0.15) is 0 Å². The number of fused-ring (bicyclic) bond motifs is 3. The number of hydrogen-bond donors (Lipinski definition) is 0. The first-order valence-corrected chi connectivity index (χ1v) is 28.3. The summed E-state index contributed by atoms with van der Waals surface area (Å²) in [6, 6.07) is 32.3. The normalized spacial score (nSPS) is 13.2. The van der Waals surface area contributed by atoms with Gasteiger partial charge in [-0.1, -0.05) is 67.2 Å². The number of nitrogens with zero attached hydrogens (tertiary/aromatic N) is 2. The van der Waals surface area contributed by atoms with E-state index in [1.165, 1.54) is 25.9 Å². The standard InChI is InChI=1S/C44H48GeN2OSi.Pt/c1-43(2,3)30-24-36(47-40(25-30)44(4,5)6)29-22-34-32(14-13-15-33(34)39(23-29)49(10,11)12)27-16-17-37-35(21-27)42-41-28(18-19-46-42)20-31(45(7,8)9)26-38(41)48-37;/h13-20,23-26H,1-12H3;/q-2;+2. The van der Waals surface area contributed by atoms with E-state index >= 15 is 0 Å². The van der Waals surface area contributed by atoms with Gasteiger partial charge in [0, 0.05) is 16.8 Å². The topological polar surface area (TPSA) is 35.0 Å². The van der Waals surface area contributed by atoms with Crippen LogP contribution in [0.4, 0.5) is 0 Å². The van der Waals surface area contributed by atoms with Crippen molar-refractivity contribution in [3.05, 3.63) is 96.3 Å². The Hall–Kier alpha value is -3.05. The van der Waals surface area contributed by atoms with Crippen molar-refractivity contribution >= 4 is 52.5 Å². The number of aromatic nitrogens is 2. The molecule has 0 N–H and O–H groups in total. The van der Waals surface area contributed by atoms with Gasteiger partial charge in [0.15, 0.2) is 0 Å². The summed E-state index contributed by atoms with van der Waals surface area (Å²) >= 11 is -2.09. The van der Waals surface area contributed by atoms with E-state index in [2.05, 4.69) is 157 Å². The molecule has 0 unspecified atom stereocenters. The molecule has 0 spiro atoms. The monoisotopic (exact) mass is 917 g/mol. The minimum atomic E-state index is -2.09. The summed E-state index contributed by atoms with van der Waals surface area (Å²) in [5, 5.41) is 6.05. The van der Waals surface area contributed by atoms with Crippen molar-refractivity contribution in [1.29, 1.82) is 0 Å². The van der Waals surface area contributed by atoms with Crippen molar-refractivity contribution in [3.63, 3.8) is 0 Å². The summed E-state index contributed by atoms with van der Waals surface area (Å²) in [6.07, 6.45) is 1.93. The summed E-state index contributed by atoms with van der Waals surface area (Å²) < 4.78 is 8.06. The summed E-state index contributed by atoms with van der Waals surface area (Å²) in [5.74, 6) is 8.99. The molecule has 6 heteroatoms. The second-order valence-electron chi connectivity index (χ2n) is 17.9. The van der Waals surface area contributed by atoms with E-state index in [1.807, 2.05) is 6.20 Å². The molecule has 1 aliphatic heterocycles. The number of ether oxygens (including phenoxy) is 1. The van der Waals surface area contributed by atoms with Gasteiger partial charge in [-0.2, -0.15) is 0 Å². The van der Waals surface area contributed by atoms with Gasteiger partial charge in [0.2, 0.25) is 0 Å². The fourth-order valence-electron chi connectivity index (χ4n) is 6.77. The first-order valence-electron chi connectivity index (χ1n) is 17.5. The van der Waals surface area contributed by atoms with Crippen molar-refractivity contribution in [2.75, 3.05) is 0 Å². The molecule has 3 nitrogen and oxygen atoms in total. The summed E-state index contributed by atoms with van der Waals surface area (Å²) in [5.41, 5.74) is 8.33. The van der Waals surface area contributed by atoms with Gasteiger partial charge in [0.05, 0.1) is 8.07 Å². The maximum absolute atomic E-state index is 6.63. The van der Waals surface area contributed by atoms with E-state index in [-0.39, 0.29) is 31.9 Å². The molecular formula is C44H48GeN2OPtSi.